The van der Waals surface area contributed by atoms with Gasteiger partial charge in [-0.05, 0) is 119 Å². The topological polar surface area (TPSA) is 268 Å². The Kier molecular flexibility index (Phi) is 25.9. The first-order valence-electron chi connectivity index (χ1n) is 20.4. The highest BCUT2D eigenvalue weighted by Crippen LogP contribution is 2.36. The molecule has 6 rings (SSSR count). The Morgan fingerprint density at radius 3 is 1.35 bits per heavy atom. The molecule has 2 aromatic heterocycles. The summed E-state index contributed by atoms with van der Waals surface area (Å²) in [6.45, 7) is 12.8. The van der Waals surface area contributed by atoms with Gasteiger partial charge in [0.2, 0.25) is 42.0 Å². The molecule has 0 spiro atoms. The van der Waals surface area contributed by atoms with Gasteiger partial charge in [0.1, 0.15) is 17.5 Å². The van der Waals surface area contributed by atoms with E-state index in [2.05, 4.69) is 58.6 Å². The van der Waals surface area contributed by atoms with Gasteiger partial charge in [-0.2, -0.15) is 8.78 Å². The van der Waals surface area contributed by atoms with E-state index >= 15 is 0 Å². The number of carboxylic acid groups (broad SMARTS) is 1. The molecule has 5 aromatic rings. The SMILES string of the molecule is CC1(C)OB(c2cnc(F)c(Cl)c2)OC1(C)C.CCl.CS(N)(=O)=O.Cc1cc(C(=O)NS(C)(=O)=O)c(F)cc1-c1cnc(F)c(Cl)c1.Cc1cc(C(=O)NS(C)(=O)=O)c(F)cc1Br.Cc1cc(C(=O)O)c(F)cc1Br. The number of pyridine rings is 2. The van der Waals surface area contributed by atoms with Crippen LogP contribution in [0.15, 0.2) is 69.9 Å². The molecule has 3 aromatic carbocycles. The number of aromatic carboxylic acids is 1. The van der Waals surface area contributed by atoms with Crippen molar-refractivity contribution >= 4 is 127 Å². The van der Waals surface area contributed by atoms with Crippen LogP contribution in [-0.4, -0.2) is 102 Å². The predicted octanol–water partition coefficient (Wildman–Crippen LogP) is 8.79. The molecule has 3 heterocycles. The Hall–Kier alpha value is -4.36. The average molecular weight is 1310 g/mol. The second kappa shape index (κ2) is 28.3. The Morgan fingerprint density at radius 1 is 0.627 bits per heavy atom. The number of hydrogen-bond acceptors (Lipinski definition) is 13. The van der Waals surface area contributed by atoms with Crippen LogP contribution in [0.2, 0.25) is 10.0 Å². The molecule has 2 amide bonds. The minimum atomic E-state index is -3.81. The summed E-state index contributed by atoms with van der Waals surface area (Å²) in [7, 11) is -11.2. The molecule has 0 saturated carbocycles. The van der Waals surface area contributed by atoms with Gasteiger partial charge in [-0.1, -0.05) is 55.1 Å². The highest BCUT2D eigenvalue weighted by molar-refractivity contribution is 9.10. The number of carbonyl (C=O) groups excluding carboxylic acids is 2. The van der Waals surface area contributed by atoms with Crippen LogP contribution in [-0.2, 0) is 39.4 Å². The van der Waals surface area contributed by atoms with Crippen molar-refractivity contribution in [3.63, 3.8) is 0 Å². The second-order valence-corrected chi connectivity index (χ2v) is 24.2. The molecule has 1 aliphatic rings. The van der Waals surface area contributed by atoms with E-state index in [-0.39, 0.29) is 21.2 Å². The molecular weight excluding hydrogens is 1260 g/mol. The van der Waals surface area contributed by atoms with E-state index in [0.29, 0.717) is 42.2 Å². The fourth-order valence-electron chi connectivity index (χ4n) is 5.38. The van der Waals surface area contributed by atoms with E-state index < -0.39 is 101 Å². The number of primary sulfonamides is 1. The van der Waals surface area contributed by atoms with Crippen LogP contribution >= 0.6 is 66.7 Å². The lowest BCUT2D eigenvalue weighted by Crippen LogP contribution is -2.41. The van der Waals surface area contributed by atoms with Crippen molar-refractivity contribution in [1.29, 1.82) is 0 Å². The minimum Gasteiger partial charge on any atom is -0.478 e. The second-order valence-electron chi connectivity index (χ2n) is 16.5. The van der Waals surface area contributed by atoms with E-state index in [1.54, 1.807) is 30.2 Å². The fourth-order valence-corrected chi connectivity index (χ4v) is 7.24. The summed E-state index contributed by atoms with van der Waals surface area (Å²) < 4.78 is 145. The van der Waals surface area contributed by atoms with Gasteiger partial charge in [0.15, 0.2) is 0 Å². The van der Waals surface area contributed by atoms with E-state index in [4.69, 9.17) is 37.6 Å². The molecule has 1 saturated heterocycles. The number of hydrogen-bond donors (Lipinski definition) is 4. The first-order chi connectivity index (χ1) is 34.0. The lowest BCUT2D eigenvalue weighted by atomic mass is 9.80. The molecule has 0 unspecified atom stereocenters. The van der Waals surface area contributed by atoms with Gasteiger partial charge in [0, 0.05) is 38.7 Å². The number of amides is 2. The van der Waals surface area contributed by atoms with Gasteiger partial charge < -0.3 is 14.4 Å². The number of aromatic nitrogens is 2. The number of benzene rings is 3. The van der Waals surface area contributed by atoms with Crippen LogP contribution in [0.5, 0.6) is 0 Å². The third kappa shape index (κ3) is 22.6. The van der Waals surface area contributed by atoms with Crippen molar-refractivity contribution in [3.05, 3.63) is 143 Å². The van der Waals surface area contributed by atoms with Gasteiger partial charge in [-0.3, -0.25) is 9.59 Å². The van der Waals surface area contributed by atoms with E-state index in [1.807, 2.05) is 27.7 Å². The number of carbonyl (C=O) groups is 3. The number of nitrogens with one attached hydrogen (secondary N) is 2. The Bertz CT molecular complexity index is 3260. The summed E-state index contributed by atoms with van der Waals surface area (Å²) >= 11 is 22.2. The van der Waals surface area contributed by atoms with Crippen LogP contribution in [0, 0.1) is 50.1 Å². The predicted molar refractivity (Wildman–Crippen MR) is 284 cm³/mol. The number of nitrogens with zero attached hydrogens (tertiary/aromatic N) is 2. The number of aryl methyl sites for hydroxylation is 3. The van der Waals surface area contributed by atoms with Crippen molar-refractivity contribution in [2.24, 2.45) is 5.14 Å². The van der Waals surface area contributed by atoms with Crippen LogP contribution in [0.4, 0.5) is 22.0 Å². The molecule has 0 aliphatic carbocycles. The first-order valence-corrected chi connectivity index (χ1v) is 29.2. The highest BCUT2D eigenvalue weighted by atomic mass is 79.9. The largest absolute Gasteiger partial charge is 0.496 e. The fraction of sp³-hybridized carbons (Fsp3) is 0.295. The number of nitrogens with two attached hydrogens (primary N) is 1. The Labute approximate surface area is 463 Å². The zero-order valence-corrected chi connectivity index (χ0v) is 49.2. The molecule has 412 valence electrons. The lowest BCUT2D eigenvalue weighted by molar-refractivity contribution is 0.00578. The minimum absolute atomic E-state index is 0.0304. The molecule has 1 fully saturated rings. The normalized spacial score (nSPS) is 13.3. The maximum Gasteiger partial charge on any atom is 0.496 e. The van der Waals surface area contributed by atoms with Crippen molar-refractivity contribution in [1.82, 2.24) is 19.4 Å². The molecule has 5 N–H and O–H groups in total. The van der Waals surface area contributed by atoms with Gasteiger partial charge in [-0.25, -0.2) is 67.8 Å². The number of rotatable bonds is 7. The molecule has 0 atom stereocenters. The average Bonchev–Trinajstić information content (AvgIpc) is 3.48. The van der Waals surface area contributed by atoms with Crippen LogP contribution in [0.25, 0.3) is 11.1 Å². The van der Waals surface area contributed by atoms with Crippen molar-refractivity contribution in [2.45, 2.75) is 59.7 Å². The van der Waals surface area contributed by atoms with Crippen LogP contribution in [0.1, 0.15) is 75.5 Å². The molecule has 17 nitrogen and oxygen atoms in total. The van der Waals surface area contributed by atoms with Crippen molar-refractivity contribution in [3.8, 4) is 11.1 Å². The van der Waals surface area contributed by atoms with Gasteiger partial charge in [0.25, 0.3) is 11.8 Å². The summed E-state index contributed by atoms with van der Waals surface area (Å²) in [5, 5.41) is 12.6. The summed E-state index contributed by atoms with van der Waals surface area (Å²) in [6.07, 6.45) is 6.58. The standard InChI is InChI=1S/C14H11ClF2N2O3S.C11H14BClFNO2.C9H9BrFNO3S.C8H6BrFO2.CH3Cl.CH5NO2S/c1-7-3-10(14(20)19-23(2,21)22)12(16)5-9(7)8-4-11(15)13(17)18-6-8;1-10(2)11(3,4)17-12(16-10)7-5-8(13)9(14)15-6-7;1-5-3-6(8(11)4-7(5)10)9(13)12-16(2,14)15;1-4-2-5(8(11)12)7(10)3-6(4)9;1-2;1-5(2,3)4/h3-6H,1-2H3,(H,19,20);5-6H,1-4H3;3-4H,1-2H3,(H,12,13);2-3H,1H3,(H,11,12);1H3;1H3,(H2,2,3,4). The third-order valence-electron chi connectivity index (χ3n) is 9.54. The molecular formula is C44H48BBr2Cl3F5N5O12S3. The first kappa shape index (κ1) is 68.7. The van der Waals surface area contributed by atoms with E-state index in [0.717, 1.165) is 37.0 Å². The molecule has 31 heteroatoms. The quantitative estimate of drug-likeness (QED) is 0.0514. The van der Waals surface area contributed by atoms with E-state index in [9.17, 15) is 61.6 Å². The van der Waals surface area contributed by atoms with Gasteiger partial charge >= 0.3 is 13.1 Å². The highest BCUT2D eigenvalue weighted by Gasteiger charge is 2.52. The summed E-state index contributed by atoms with van der Waals surface area (Å²) in [6, 6.07) is 9.83. The van der Waals surface area contributed by atoms with Crippen LogP contribution in [0.3, 0.4) is 0 Å². The van der Waals surface area contributed by atoms with E-state index in [1.165, 1.54) is 49.1 Å². The van der Waals surface area contributed by atoms with Crippen molar-refractivity contribution < 1.29 is 76.0 Å². The third-order valence-corrected chi connectivity index (χ3v) is 12.9. The zero-order valence-electron chi connectivity index (χ0n) is 41.3. The van der Waals surface area contributed by atoms with Crippen molar-refractivity contribution in [2.75, 3.05) is 25.2 Å². The number of carboxylic acids is 1. The monoisotopic (exact) mass is 1300 g/mol. The lowest BCUT2D eigenvalue weighted by Gasteiger charge is -2.32. The number of alkyl halides is 1. The molecule has 0 radical (unpaired) electrons. The number of halogens is 10. The Balaban J connectivity index is 0.000000489. The maximum absolute atomic E-state index is 14.1. The summed E-state index contributed by atoms with van der Waals surface area (Å²) in [5.41, 5.74) is 1.27. The van der Waals surface area contributed by atoms with Crippen LogP contribution < -0.4 is 20.0 Å². The zero-order chi connectivity index (χ0) is 58.5. The maximum atomic E-state index is 14.1. The smallest absolute Gasteiger partial charge is 0.478 e. The Morgan fingerprint density at radius 2 is 0.973 bits per heavy atom. The van der Waals surface area contributed by atoms with Gasteiger partial charge in [-0.15, -0.1) is 11.6 Å². The molecule has 0 bridgehead atoms. The molecule has 75 heavy (non-hydrogen) atoms. The molecule has 1 aliphatic heterocycles. The summed E-state index contributed by atoms with van der Waals surface area (Å²) in [5.74, 6) is -7.26. The van der Waals surface area contributed by atoms with Gasteiger partial charge in [0.05, 0.1) is 56.7 Å². The number of sulfonamides is 3. The summed E-state index contributed by atoms with van der Waals surface area (Å²) in [4.78, 5) is 40.6.